The molecule has 108 valence electrons. The fourth-order valence-corrected chi connectivity index (χ4v) is 2.86. The molecule has 0 radical (unpaired) electrons. The fourth-order valence-electron chi connectivity index (χ4n) is 2.20. The number of rotatable bonds is 6. The van der Waals surface area contributed by atoms with Gasteiger partial charge in [-0.3, -0.25) is 4.68 Å². The van der Waals surface area contributed by atoms with Gasteiger partial charge in [0.15, 0.2) is 5.75 Å². The number of methoxy groups -OCH3 is 1. The molecule has 0 aliphatic carbocycles. The molecule has 0 bridgehead atoms. The Morgan fingerprint density at radius 2 is 2.00 bits per heavy atom. The van der Waals surface area contributed by atoms with Crippen molar-refractivity contribution in [1.29, 1.82) is 0 Å². The zero-order chi connectivity index (χ0) is 14.5. The number of nitrogens with zero attached hydrogens (tertiary/aromatic N) is 2. The lowest BCUT2D eigenvalue weighted by Crippen LogP contribution is -2.18. The summed E-state index contributed by atoms with van der Waals surface area (Å²) in [6.07, 6.45) is 1.72. The van der Waals surface area contributed by atoms with E-state index < -0.39 is 0 Å². The van der Waals surface area contributed by atoms with E-state index >= 15 is 0 Å². The van der Waals surface area contributed by atoms with Crippen LogP contribution in [0.25, 0.3) is 0 Å². The number of ether oxygens (including phenoxy) is 1. The quantitative estimate of drug-likeness (QED) is 0.831. The molecule has 5 heteroatoms. The molecule has 1 atom stereocenters. The molecule has 4 nitrogen and oxygen atoms in total. The molecule has 0 fully saturated rings. The number of benzene rings is 1. The van der Waals surface area contributed by atoms with Crippen LogP contribution < -0.4 is 10.5 Å². The molecule has 1 heterocycles. The van der Waals surface area contributed by atoms with E-state index in [1.165, 1.54) is 4.90 Å². The molecule has 0 saturated heterocycles. The Labute approximate surface area is 124 Å². The van der Waals surface area contributed by atoms with Crippen LogP contribution in [0.1, 0.15) is 31.1 Å². The van der Waals surface area contributed by atoms with E-state index in [9.17, 15) is 0 Å². The molecule has 20 heavy (non-hydrogen) atoms. The molecule has 0 saturated carbocycles. The van der Waals surface area contributed by atoms with Gasteiger partial charge in [-0.2, -0.15) is 5.10 Å². The largest absolute Gasteiger partial charge is 0.493 e. The second kappa shape index (κ2) is 6.81. The molecule has 0 amide bonds. The molecule has 2 rings (SSSR count). The first-order chi connectivity index (χ1) is 9.71. The van der Waals surface area contributed by atoms with E-state index in [0.29, 0.717) is 0 Å². The van der Waals surface area contributed by atoms with Gasteiger partial charge in [0, 0.05) is 11.4 Å². The Morgan fingerprint density at radius 1 is 1.30 bits per heavy atom. The van der Waals surface area contributed by atoms with Crippen LogP contribution in [0.2, 0.25) is 0 Å². The Hall–Kier alpha value is -1.46. The predicted molar refractivity (Wildman–Crippen MR) is 83.3 cm³/mol. The smallest absolute Gasteiger partial charge is 0.161 e. The summed E-state index contributed by atoms with van der Waals surface area (Å²) in [5.41, 5.74) is 8.38. The summed E-state index contributed by atoms with van der Waals surface area (Å²) in [5, 5.41) is 4.31. The van der Waals surface area contributed by atoms with Crippen LogP contribution >= 0.6 is 11.8 Å². The average Bonchev–Trinajstić information content (AvgIpc) is 2.90. The Bertz CT molecular complexity index is 529. The van der Waals surface area contributed by atoms with Crippen LogP contribution in [-0.4, -0.2) is 22.6 Å². The van der Waals surface area contributed by atoms with Crippen LogP contribution in [0.4, 0.5) is 0 Å². The van der Waals surface area contributed by atoms with Crippen molar-refractivity contribution >= 4 is 11.8 Å². The lowest BCUT2D eigenvalue weighted by Gasteiger charge is -2.16. The van der Waals surface area contributed by atoms with Crippen molar-refractivity contribution in [3.8, 4) is 5.75 Å². The first-order valence-electron chi connectivity index (χ1n) is 6.79. The first-order valence-corrected chi connectivity index (χ1v) is 7.77. The van der Waals surface area contributed by atoms with Crippen LogP contribution in [0.15, 0.2) is 35.4 Å². The summed E-state index contributed by atoms with van der Waals surface area (Å²) in [7, 11) is 1.65. The zero-order valence-electron chi connectivity index (χ0n) is 12.2. The van der Waals surface area contributed by atoms with Gasteiger partial charge >= 0.3 is 0 Å². The van der Waals surface area contributed by atoms with Crippen molar-refractivity contribution in [3.63, 3.8) is 0 Å². The van der Waals surface area contributed by atoms with Crippen LogP contribution in [0, 0.1) is 0 Å². The Balaban J connectivity index is 2.30. The monoisotopic (exact) mass is 291 g/mol. The maximum atomic E-state index is 6.39. The number of aromatic nitrogens is 2. The van der Waals surface area contributed by atoms with Crippen LogP contribution in [0.5, 0.6) is 5.75 Å². The second-order valence-electron chi connectivity index (χ2n) is 4.39. The van der Waals surface area contributed by atoms with Gasteiger partial charge in [-0.25, -0.2) is 0 Å². The lowest BCUT2D eigenvalue weighted by atomic mass is 10.0. The number of nitrogens with two attached hydrogens (primary N) is 1. The van der Waals surface area contributed by atoms with E-state index in [1.807, 2.05) is 23.4 Å². The van der Waals surface area contributed by atoms with Gasteiger partial charge in [0.05, 0.1) is 19.3 Å². The summed E-state index contributed by atoms with van der Waals surface area (Å²) in [6.45, 7) is 4.97. The highest BCUT2D eigenvalue weighted by molar-refractivity contribution is 7.99. The molecule has 2 aromatic rings. The zero-order valence-corrected chi connectivity index (χ0v) is 13.0. The van der Waals surface area contributed by atoms with Crippen molar-refractivity contribution < 1.29 is 4.74 Å². The number of thioether (sulfide) groups is 1. The SMILES string of the molecule is CCSc1ccc(C(N)c2c(OC)cnn2CC)cc1. The highest BCUT2D eigenvalue weighted by Crippen LogP contribution is 2.29. The summed E-state index contributed by atoms with van der Waals surface area (Å²) >= 11 is 1.83. The van der Waals surface area contributed by atoms with Crippen LogP contribution in [0.3, 0.4) is 0 Å². The van der Waals surface area contributed by atoms with Gasteiger partial charge in [-0.05, 0) is 30.4 Å². The molecule has 0 aliphatic rings. The second-order valence-corrected chi connectivity index (χ2v) is 5.73. The lowest BCUT2D eigenvalue weighted by molar-refractivity contribution is 0.404. The Morgan fingerprint density at radius 3 is 2.55 bits per heavy atom. The summed E-state index contributed by atoms with van der Waals surface area (Å²) in [4.78, 5) is 1.26. The predicted octanol–water partition coefficient (Wildman–Crippen LogP) is 3.07. The Kier molecular flexibility index (Phi) is 5.09. The molecular weight excluding hydrogens is 270 g/mol. The van der Waals surface area contributed by atoms with Crippen molar-refractivity contribution in [2.75, 3.05) is 12.9 Å². The topological polar surface area (TPSA) is 53.1 Å². The third kappa shape index (κ3) is 2.99. The fraction of sp³-hybridized carbons (Fsp3) is 0.400. The number of aryl methyl sites for hydroxylation is 1. The normalized spacial score (nSPS) is 12.4. The van der Waals surface area contributed by atoms with Gasteiger partial charge in [-0.15, -0.1) is 11.8 Å². The molecule has 1 unspecified atom stereocenters. The van der Waals surface area contributed by atoms with Crippen molar-refractivity contribution in [1.82, 2.24) is 9.78 Å². The first kappa shape index (κ1) is 14.9. The van der Waals surface area contributed by atoms with E-state index in [2.05, 4.69) is 36.3 Å². The molecule has 0 spiro atoms. The van der Waals surface area contributed by atoms with Gasteiger partial charge < -0.3 is 10.5 Å². The minimum Gasteiger partial charge on any atom is -0.493 e. The van der Waals surface area contributed by atoms with Gasteiger partial charge in [0.25, 0.3) is 0 Å². The number of hydrogen-bond acceptors (Lipinski definition) is 4. The minimum atomic E-state index is -0.229. The van der Waals surface area contributed by atoms with Gasteiger partial charge in [0.1, 0.15) is 5.69 Å². The maximum Gasteiger partial charge on any atom is 0.161 e. The van der Waals surface area contributed by atoms with Crippen molar-refractivity contribution in [2.45, 2.75) is 31.3 Å². The van der Waals surface area contributed by atoms with Crippen molar-refractivity contribution in [3.05, 3.63) is 41.7 Å². The summed E-state index contributed by atoms with van der Waals surface area (Å²) in [6, 6.07) is 8.16. The van der Waals surface area contributed by atoms with E-state index in [-0.39, 0.29) is 6.04 Å². The molecule has 1 aromatic carbocycles. The molecular formula is C15H21N3OS. The van der Waals surface area contributed by atoms with E-state index in [1.54, 1.807) is 13.3 Å². The molecule has 2 N–H and O–H groups in total. The summed E-state index contributed by atoms with van der Waals surface area (Å²) < 4.78 is 7.25. The summed E-state index contributed by atoms with van der Waals surface area (Å²) in [5.74, 6) is 1.81. The minimum absolute atomic E-state index is 0.229. The maximum absolute atomic E-state index is 6.39. The van der Waals surface area contributed by atoms with Gasteiger partial charge in [0.2, 0.25) is 0 Å². The molecule has 1 aromatic heterocycles. The van der Waals surface area contributed by atoms with E-state index in [4.69, 9.17) is 10.5 Å². The third-order valence-corrected chi connectivity index (χ3v) is 4.10. The average molecular weight is 291 g/mol. The van der Waals surface area contributed by atoms with Gasteiger partial charge in [-0.1, -0.05) is 19.1 Å². The van der Waals surface area contributed by atoms with Crippen molar-refractivity contribution in [2.24, 2.45) is 5.73 Å². The highest BCUT2D eigenvalue weighted by Gasteiger charge is 2.19. The standard InChI is InChI=1S/C15H21N3OS/c1-4-18-15(13(19-3)10-17-18)14(16)11-6-8-12(9-7-11)20-5-2/h6-10,14H,4-5,16H2,1-3H3. The third-order valence-electron chi connectivity index (χ3n) is 3.21. The molecule has 0 aliphatic heterocycles. The number of hydrogen-bond donors (Lipinski definition) is 1. The van der Waals surface area contributed by atoms with E-state index in [0.717, 1.165) is 29.3 Å². The highest BCUT2D eigenvalue weighted by atomic mass is 32.2. The van der Waals surface area contributed by atoms with Crippen LogP contribution in [-0.2, 0) is 6.54 Å².